The van der Waals surface area contributed by atoms with Gasteiger partial charge < -0.3 is 9.73 Å². The molecule has 1 N–H and O–H groups in total. The normalized spacial score (nSPS) is 10.8. The Morgan fingerprint density at radius 3 is 2.69 bits per heavy atom. The van der Waals surface area contributed by atoms with Crippen LogP contribution in [0, 0.1) is 0 Å². The quantitative estimate of drug-likeness (QED) is 0.583. The summed E-state index contributed by atoms with van der Waals surface area (Å²) in [5.41, 5.74) is 4.74. The van der Waals surface area contributed by atoms with Crippen molar-refractivity contribution in [3.05, 3.63) is 78.1 Å². The van der Waals surface area contributed by atoms with Crippen LogP contribution in [0.15, 0.2) is 71.4 Å². The fourth-order valence-corrected chi connectivity index (χ4v) is 2.71. The van der Waals surface area contributed by atoms with E-state index in [1.54, 1.807) is 30.5 Å². The summed E-state index contributed by atoms with van der Waals surface area (Å²) in [5.74, 6) is 0.356. The van der Waals surface area contributed by atoms with E-state index in [2.05, 4.69) is 34.3 Å². The molecule has 0 spiro atoms. The molecular weight excluding hydrogens is 326 g/mol. The topological polar surface area (TPSA) is 68.0 Å². The van der Waals surface area contributed by atoms with E-state index in [9.17, 15) is 4.79 Å². The van der Waals surface area contributed by atoms with Crippen LogP contribution in [0.25, 0.3) is 22.6 Å². The highest BCUT2D eigenvalue weighted by Gasteiger charge is 2.11. The Kier molecular flexibility index (Phi) is 4.19. The molecule has 0 atom stereocenters. The predicted octanol–water partition coefficient (Wildman–Crippen LogP) is 4.70. The Labute approximate surface area is 150 Å². The summed E-state index contributed by atoms with van der Waals surface area (Å²) >= 11 is 0. The Balaban J connectivity index is 1.60. The van der Waals surface area contributed by atoms with E-state index < -0.39 is 0 Å². The first-order valence-electron chi connectivity index (χ1n) is 8.44. The zero-order valence-corrected chi connectivity index (χ0v) is 14.3. The molecule has 2 heterocycles. The molecule has 0 aliphatic rings. The number of anilines is 1. The number of rotatable bonds is 4. The van der Waals surface area contributed by atoms with Crippen molar-refractivity contribution >= 4 is 22.7 Å². The van der Waals surface area contributed by atoms with E-state index in [4.69, 9.17) is 4.42 Å². The number of aromatic nitrogens is 2. The van der Waals surface area contributed by atoms with Crippen LogP contribution in [-0.2, 0) is 6.42 Å². The van der Waals surface area contributed by atoms with Crippen LogP contribution in [0.4, 0.5) is 5.69 Å². The number of fused-ring (bicyclic) bond motifs is 1. The summed E-state index contributed by atoms with van der Waals surface area (Å²) in [6.45, 7) is 2.12. The van der Waals surface area contributed by atoms with Gasteiger partial charge >= 0.3 is 0 Å². The van der Waals surface area contributed by atoms with Crippen molar-refractivity contribution in [3.63, 3.8) is 0 Å². The average Bonchev–Trinajstić information content (AvgIpc) is 3.12. The Bertz CT molecular complexity index is 1050. The van der Waals surface area contributed by atoms with Crippen molar-refractivity contribution in [1.82, 2.24) is 9.97 Å². The zero-order valence-electron chi connectivity index (χ0n) is 14.3. The van der Waals surface area contributed by atoms with Gasteiger partial charge in [0, 0.05) is 23.6 Å². The van der Waals surface area contributed by atoms with Crippen LogP contribution < -0.4 is 5.32 Å². The van der Waals surface area contributed by atoms with Gasteiger partial charge in [-0.05, 0) is 54.4 Å². The molecule has 1 amide bonds. The highest BCUT2D eigenvalue weighted by molar-refractivity contribution is 6.04. The van der Waals surface area contributed by atoms with Gasteiger partial charge in [0.1, 0.15) is 5.52 Å². The summed E-state index contributed by atoms with van der Waals surface area (Å²) in [4.78, 5) is 20.7. The molecule has 26 heavy (non-hydrogen) atoms. The van der Waals surface area contributed by atoms with Gasteiger partial charge in [-0.25, -0.2) is 4.98 Å². The third-order valence-corrected chi connectivity index (χ3v) is 4.18. The number of nitrogens with zero attached hydrogens (tertiary/aromatic N) is 2. The van der Waals surface area contributed by atoms with Gasteiger partial charge in [-0.1, -0.05) is 19.1 Å². The van der Waals surface area contributed by atoms with Gasteiger partial charge in [0.05, 0.1) is 5.56 Å². The summed E-state index contributed by atoms with van der Waals surface area (Å²) in [7, 11) is 0. The molecule has 0 unspecified atom stereocenters. The van der Waals surface area contributed by atoms with Crippen LogP contribution in [0.1, 0.15) is 22.8 Å². The highest BCUT2D eigenvalue weighted by Crippen LogP contribution is 2.26. The van der Waals surface area contributed by atoms with E-state index in [1.807, 2.05) is 18.2 Å². The maximum atomic E-state index is 12.2. The zero-order chi connectivity index (χ0) is 17.9. The number of hydrogen-bond donors (Lipinski definition) is 1. The number of nitrogens with one attached hydrogen (secondary N) is 1. The van der Waals surface area contributed by atoms with Crippen LogP contribution in [0.5, 0.6) is 0 Å². The number of carbonyl (C=O) groups excluding carboxylic acids is 1. The summed E-state index contributed by atoms with van der Waals surface area (Å²) < 4.78 is 5.84. The maximum absolute atomic E-state index is 12.2. The second kappa shape index (κ2) is 6.80. The first-order valence-corrected chi connectivity index (χ1v) is 8.44. The van der Waals surface area contributed by atoms with E-state index in [0.29, 0.717) is 28.2 Å². The predicted molar refractivity (Wildman–Crippen MR) is 101 cm³/mol. The lowest BCUT2D eigenvalue weighted by atomic mass is 10.1. The van der Waals surface area contributed by atoms with Gasteiger partial charge in [-0.2, -0.15) is 0 Å². The molecule has 2 aromatic carbocycles. The molecule has 4 aromatic rings. The lowest BCUT2D eigenvalue weighted by molar-refractivity contribution is 0.102. The van der Waals surface area contributed by atoms with Gasteiger partial charge in [-0.15, -0.1) is 0 Å². The Morgan fingerprint density at radius 1 is 1.12 bits per heavy atom. The minimum absolute atomic E-state index is 0.212. The number of pyridine rings is 1. The second-order valence-electron chi connectivity index (χ2n) is 5.95. The SMILES string of the molecule is CCc1ccc(-c2nc3cc(NC(=O)c4cccnc4)ccc3o2)cc1. The smallest absolute Gasteiger partial charge is 0.257 e. The number of benzene rings is 2. The first-order chi connectivity index (χ1) is 12.7. The minimum atomic E-state index is -0.212. The van der Waals surface area contributed by atoms with Gasteiger partial charge in [-0.3, -0.25) is 9.78 Å². The molecule has 0 fully saturated rings. The van der Waals surface area contributed by atoms with Crippen molar-refractivity contribution in [3.8, 4) is 11.5 Å². The summed E-state index contributed by atoms with van der Waals surface area (Å²) in [5, 5.41) is 2.85. The van der Waals surface area contributed by atoms with Crippen molar-refractivity contribution in [2.24, 2.45) is 0 Å². The Morgan fingerprint density at radius 2 is 1.96 bits per heavy atom. The maximum Gasteiger partial charge on any atom is 0.257 e. The van der Waals surface area contributed by atoms with E-state index in [0.717, 1.165) is 12.0 Å². The van der Waals surface area contributed by atoms with Gasteiger partial charge in [0.25, 0.3) is 5.91 Å². The van der Waals surface area contributed by atoms with E-state index in [-0.39, 0.29) is 5.91 Å². The molecule has 5 nitrogen and oxygen atoms in total. The lowest BCUT2D eigenvalue weighted by Crippen LogP contribution is -2.11. The molecular formula is C21H17N3O2. The average molecular weight is 343 g/mol. The van der Waals surface area contributed by atoms with Crippen molar-refractivity contribution in [2.75, 3.05) is 5.32 Å². The number of hydrogen-bond acceptors (Lipinski definition) is 4. The van der Waals surface area contributed by atoms with Crippen LogP contribution in [-0.4, -0.2) is 15.9 Å². The van der Waals surface area contributed by atoms with E-state index in [1.165, 1.54) is 11.8 Å². The second-order valence-corrected chi connectivity index (χ2v) is 5.95. The lowest BCUT2D eigenvalue weighted by Gasteiger charge is -2.04. The van der Waals surface area contributed by atoms with Crippen molar-refractivity contribution < 1.29 is 9.21 Å². The fourth-order valence-electron chi connectivity index (χ4n) is 2.71. The van der Waals surface area contributed by atoms with Gasteiger partial charge in [0.15, 0.2) is 5.58 Å². The third kappa shape index (κ3) is 3.19. The minimum Gasteiger partial charge on any atom is -0.436 e. The van der Waals surface area contributed by atoms with Crippen LogP contribution in [0.2, 0.25) is 0 Å². The highest BCUT2D eigenvalue weighted by atomic mass is 16.3. The number of aryl methyl sites for hydroxylation is 1. The third-order valence-electron chi connectivity index (χ3n) is 4.18. The number of amides is 1. The first kappa shape index (κ1) is 16.0. The molecule has 0 saturated carbocycles. The number of oxazole rings is 1. The van der Waals surface area contributed by atoms with E-state index >= 15 is 0 Å². The van der Waals surface area contributed by atoms with Crippen LogP contribution >= 0.6 is 0 Å². The monoisotopic (exact) mass is 343 g/mol. The summed E-state index contributed by atoms with van der Waals surface area (Å²) in [6, 6.07) is 17.0. The molecule has 0 aliphatic carbocycles. The Hall–Kier alpha value is -3.47. The molecule has 0 saturated heterocycles. The molecule has 2 aromatic heterocycles. The molecule has 128 valence electrons. The largest absolute Gasteiger partial charge is 0.436 e. The van der Waals surface area contributed by atoms with Crippen LogP contribution in [0.3, 0.4) is 0 Å². The molecule has 0 bridgehead atoms. The standard InChI is InChI=1S/C21H17N3O2/c1-2-14-5-7-15(8-6-14)21-24-18-12-17(9-10-19(18)26-21)23-20(25)16-4-3-11-22-13-16/h3-13H,2H2,1H3,(H,23,25). The molecule has 0 aliphatic heterocycles. The molecule has 4 rings (SSSR count). The summed E-state index contributed by atoms with van der Waals surface area (Å²) in [6.07, 6.45) is 4.16. The fraction of sp³-hybridized carbons (Fsp3) is 0.0952. The number of carbonyl (C=O) groups is 1. The van der Waals surface area contributed by atoms with Gasteiger partial charge in [0.2, 0.25) is 5.89 Å². The molecule has 0 radical (unpaired) electrons. The van der Waals surface area contributed by atoms with Crippen molar-refractivity contribution in [2.45, 2.75) is 13.3 Å². The van der Waals surface area contributed by atoms with Crippen molar-refractivity contribution in [1.29, 1.82) is 0 Å². The molecule has 5 heteroatoms.